The number of hydrogen-bond donors (Lipinski definition) is 0. The molecule has 3 aromatic rings. The highest BCUT2D eigenvalue weighted by Crippen LogP contribution is 2.39. The van der Waals surface area contributed by atoms with Gasteiger partial charge in [0, 0.05) is 10.7 Å². The average molecular weight is 457 g/mol. The summed E-state index contributed by atoms with van der Waals surface area (Å²) >= 11 is 6.03. The van der Waals surface area contributed by atoms with Crippen LogP contribution in [-0.4, -0.2) is 46.9 Å². The summed E-state index contributed by atoms with van der Waals surface area (Å²) in [5.74, 6) is 0.0938. The zero-order valence-electron chi connectivity index (χ0n) is 17.5. The van der Waals surface area contributed by atoms with Crippen molar-refractivity contribution >= 4 is 29.4 Å². The number of amides is 1. The van der Waals surface area contributed by atoms with Crippen molar-refractivity contribution in [3.8, 4) is 5.75 Å². The molecule has 0 aliphatic carbocycles. The fraction of sp³-hybridized carbons (Fsp3) is 0.273. The topological polar surface area (TPSA) is 95.8 Å². The van der Waals surface area contributed by atoms with Crippen molar-refractivity contribution in [2.75, 3.05) is 18.6 Å². The second kappa shape index (κ2) is 9.27. The summed E-state index contributed by atoms with van der Waals surface area (Å²) in [7, 11) is 1.58. The fourth-order valence-corrected chi connectivity index (χ4v) is 3.72. The highest BCUT2D eigenvalue weighted by molar-refractivity contribution is 6.30. The van der Waals surface area contributed by atoms with Crippen LogP contribution in [0.5, 0.6) is 5.75 Å². The molecule has 0 N–H and O–H groups in total. The first-order valence-electron chi connectivity index (χ1n) is 9.96. The van der Waals surface area contributed by atoms with E-state index in [1.165, 1.54) is 10.9 Å². The van der Waals surface area contributed by atoms with Gasteiger partial charge in [-0.2, -0.15) is 0 Å². The third-order valence-electron chi connectivity index (χ3n) is 5.01. The van der Waals surface area contributed by atoms with Gasteiger partial charge in [-0.3, -0.25) is 4.90 Å². The summed E-state index contributed by atoms with van der Waals surface area (Å²) in [6.45, 7) is 2.13. The van der Waals surface area contributed by atoms with Crippen LogP contribution in [0.1, 0.15) is 29.0 Å². The Morgan fingerprint density at radius 1 is 1.22 bits per heavy atom. The van der Waals surface area contributed by atoms with E-state index in [1.54, 1.807) is 43.2 Å². The van der Waals surface area contributed by atoms with Gasteiger partial charge in [-0.05, 0) is 48.9 Å². The SMILES string of the molecule is CCOC(=O)c1cn(C[C@@H]2OC(=O)N(c3ccc(Cl)cc3)[C@H]2c2cccc(OC)c2)nn1. The number of carbonyl (C=O) groups is 2. The lowest BCUT2D eigenvalue weighted by molar-refractivity contribution is 0.0519. The second-order valence-corrected chi connectivity index (χ2v) is 7.47. The quantitative estimate of drug-likeness (QED) is 0.498. The van der Waals surface area contributed by atoms with Crippen molar-refractivity contribution in [3.05, 3.63) is 71.0 Å². The van der Waals surface area contributed by atoms with Crippen LogP contribution in [0.25, 0.3) is 0 Å². The number of ether oxygens (including phenoxy) is 3. The molecule has 9 nitrogen and oxygen atoms in total. The number of rotatable bonds is 7. The summed E-state index contributed by atoms with van der Waals surface area (Å²) < 4.78 is 17.5. The molecule has 0 bridgehead atoms. The monoisotopic (exact) mass is 456 g/mol. The van der Waals surface area contributed by atoms with Gasteiger partial charge in [0.05, 0.1) is 26.5 Å². The van der Waals surface area contributed by atoms with E-state index in [-0.39, 0.29) is 18.8 Å². The minimum atomic E-state index is -0.609. The van der Waals surface area contributed by atoms with Crippen LogP contribution in [0.15, 0.2) is 54.7 Å². The number of hydrogen-bond acceptors (Lipinski definition) is 7. The first kappa shape index (κ1) is 21.6. The molecular weight excluding hydrogens is 436 g/mol. The van der Waals surface area contributed by atoms with Crippen molar-refractivity contribution in [3.63, 3.8) is 0 Å². The Morgan fingerprint density at radius 2 is 2.00 bits per heavy atom. The molecule has 1 aromatic heterocycles. The zero-order chi connectivity index (χ0) is 22.7. The maximum absolute atomic E-state index is 12.9. The Kier molecular flexibility index (Phi) is 6.27. The molecule has 0 saturated carbocycles. The van der Waals surface area contributed by atoms with E-state index in [9.17, 15) is 9.59 Å². The standard InChI is InChI=1S/C22H21ClN4O5/c1-3-31-21(28)18-12-26(25-24-18)13-19-20(14-5-4-6-17(11-14)30-2)27(22(29)32-19)16-9-7-15(23)8-10-16/h4-12,19-20H,3,13H2,1-2H3/t19-,20-/m0/s1. The number of esters is 1. The summed E-state index contributed by atoms with van der Waals surface area (Å²) in [5, 5.41) is 8.41. The molecule has 1 fully saturated rings. The lowest BCUT2D eigenvalue weighted by atomic mass is 9.99. The normalized spacial score (nSPS) is 17.8. The van der Waals surface area contributed by atoms with Gasteiger partial charge in [-0.15, -0.1) is 5.10 Å². The average Bonchev–Trinajstić information content (AvgIpc) is 3.39. The van der Waals surface area contributed by atoms with E-state index >= 15 is 0 Å². The van der Waals surface area contributed by atoms with E-state index in [1.807, 2.05) is 24.3 Å². The van der Waals surface area contributed by atoms with Crippen molar-refractivity contribution in [2.24, 2.45) is 0 Å². The number of aromatic nitrogens is 3. The van der Waals surface area contributed by atoms with Crippen LogP contribution in [0, 0.1) is 0 Å². The molecule has 2 aromatic carbocycles. The minimum Gasteiger partial charge on any atom is -0.497 e. The maximum atomic E-state index is 12.9. The van der Waals surface area contributed by atoms with Gasteiger partial charge in [-0.25, -0.2) is 14.3 Å². The number of cyclic esters (lactones) is 1. The Morgan fingerprint density at radius 3 is 2.72 bits per heavy atom. The van der Waals surface area contributed by atoms with Gasteiger partial charge >= 0.3 is 12.1 Å². The number of nitrogens with zero attached hydrogens (tertiary/aromatic N) is 4. The van der Waals surface area contributed by atoms with Crippen molar-refractivity contribution in [1.82, 2.24) is 15.0 Å². The zero-order valence-corrected chi connectivity index (χ0v) is 18.2. The lowest BCUT2D eigenvalue weighted by Crippen LogP contribution is -2.31. The van der Waals surface area contributed by atoms with Crippen molar-refractivity contribution < 1.29 is 23.8 Å². The highest BCUT2D eigenvalue weighted by Gasteiger charge is 2.44. The third-order valence-corrected chi connectivity index (χ3v) is 5.26. The molecule has 0 unspecified atom stereocenters. The molecule has 0 radical (unpaired) electrons. The lowest BCUT2D eigenvalue weighted by Gasteiger charge is -2.25. The number of carbonyl (C=O) groups excluding carboxylic acids is 2. The number of anilines is 1. The van der Waals surface area contributed by atoms with Gasteiger partial charge in [0.1, 0.15) is 17.9 Å². The van der Waals surface area contributed by atoms with E-state index in [0.717, 1.165) is 5.56 Å². The van der Waals surface area contributed by atoms with Crippen LogP contribution in [0.2, 0.25) is 5.02 Å². The molecule has 4 rings (SSSR count). The third kappa shape index (κ3) is 4.38. The molecule has 0 spiro atoms. The molecule has 2 atom stereocenters. The van der Waals surface area contributed by atoms with Gasteiger partial charge in [0.15, 0.2) is 5.69 Å². The predicted molar refractivity (Wildman–Crippen MR) is 116 cm³/mol. The Hall–Kier alpha value is -3.59. The highest BCUT2D eigenvalue weighted by atomic mass is 35.5. The number of halogens is 1. The van der Waals surface area contributed by atoms with Gasteiger partial charge < -0.3 is 14.2 Å². The number of methoxy groups -OCH3 is 1. The maximum Gasteiger partial charge on any atom is 0.415 e. The van der Waals surface area contributed by atoms with Crippen LogP contribution in [0.3, 0.4) is 0 Å². The Labute approximate surface area is 189 Å². The van der Waals surface area contributed by atoms with Gasteiger partial charge in [-0.1, -0.05) is 28.9 Å². The van der Waals surface area contributed by atoms with Gasteiger partial charge in [0.25, 0.3) is 0 Å². The molecule has 2 heterocycles. The fourth-order valence-electron chi connectivity index (χ4n) is 3.60. The van der Waals surface area contributed by atoms with Crippen LogP contribution >= 0.6 is 11.6 Å². The molecule has 1 aliphatic heterocycles. The van der Waals surface area contributed by atoms with E-state index in [4.69, 9.17) is 25.8 Å². The second-order valence-electron chi connectivity index (χ2n) is 7.04. The van der Waals surface area contributed by atoms with Crippen molar-refractivity contribution in [1.29, 1.82) is 0 Å². The minimum absolute atomic E-state index is 0.0867. The molecular formula is C22H21ClN4O5. The largest absolute Gasteiger partial charge is 0.497 e. The van der Waals surface area contributed by atoms with E-state index in [2.05, 4.69) is 10.3 Å². The first-order valence-corrected chi connectivity index (χ1v) is 10.3. The molecule has 1 saturated heterocycles. The van der Waals surface area contributed by atoms with Gasteiger partial charge in [0.2, 0.25) is 0 Å². The van der Waals surface area contributed by atoms with Crippen LogP contribution in [-0.2, 0) is 16.0 Å². The summed E-state index contributed by atoms with van der Waals surface area (Å²) in [4.78, 5) is 26.4. The number of benzene rings is 2. The van der Waals surface area contributed by atoms with Crippen molar-refractivity contribution in [2.45, 2.75) is 25.6 Å². The summed E-state index contributed by atoms with van der Waals surface area (Å²) in [6, 6.07) is 13.9. The van der Waals surface area contributed by atoms with E-state index in [0.29, 0.717) is 16.5 Å². The molecule has 166 valence electrons. The first-order chi connectivity index (χ1) is 15.5. The smallest absolute Gasteiger partial charge is 0.415 e. The summed E-state index contributed by atoms with van der Waals surface area (Å²) in [5.41, 5.74) is 1.55. The summed E-state index contributed by atoms with van der Waals surface area (Å²) in [6.07, 6.45) is 0.359. The molecule has 10 heteroatoms. The molecule has 1 aliphatic rings. The van der Waals surface area contributed by atoms with Crippen LogP contribution < -0.4 is 9.64 Å². The van der Waals surface area contributed by atoms with E-state index < -0.39 is 24.2 Å². The Balaban J connectivity index is 1.68. The molecule has 1 amide bonds. The molecule has 32 heavy (non-hydrogen) atoms. The van der Waals surface area contributed by atoms with Crippen LogP contribution in [0.4, 0.5) is 10.5 Å². The predicted octanol–water partition coefficient (Wildman–Crippen LogP) is 3.88. The Bertz CT molecular complexity index is 1120.